The van der Waals surface area contributed by atoms with Gasteiger partial charge >= 0.3 is 0 Å². The Balaban J connectivity index is 1.92. The topological polar surface area (TPSA) is 38.5 Å². The summed E-state index contributed by atoms with van der Waals surface area (Å²) in [5.74, 6) is 0.903. The van der Waals surface area contributed by atoms with Crippen LogP contribution in [-0.2, 0) is 0 Å². The van der Waals surface area contributed by atoms with Crippen molar-refractivity contribution in [2.45, 2.75) is 18.9 Å². The van der Waals surface area contributed by atoms with Crippen molar-refractivity contribution in [1.82, 2.24) is 0 Å². The van der Waals surface area contributed by atoms with E-state index < -0.39 is 0 Å². The van der Waals surface area contributed by atoms with Gasteiger partial charge in [-0.25, -0.2) is 0 Å². The summed E-state index contributed by atoms with van der Waals surface area (Å²) in [5.41, 5.74) is 9.26. The number of hydrogen-bond acceptors (Lipinski definition) is 3. The molecule has 3 rings (SSSR count). The van der Waals surface area contributed by atoms with Crippen molar-refractivity contribution in [3.63, 3.8) is 0 Å². The van der Waals surface area contributed by atoms with Gasteiger partial charge in [-0.05, 0) is 42.7 Å². The van der Waals surface area contributed by atoms with Crippen molar-refractivity contribution in [1.29, 1.82) is 0 Å². The van der Waals surface area contributed by atoms with Gasteiger partial charge < -0.3 is 15.4 Å². The predicted octanol–water partition coefficient (Wildman–Crippen LogP) is 3.62. The van der Waals surface area contributed by atoms with E-state index in [4.69, 9.17) is 10.5 Å². The van der Waals surface area contributed by atoms with Gasteiger partial charge in [0.15, 0.2) is 0 Å². The number of nitrogens with zero attached hydrogens (tertiary/aromatic N) is 1. The molecule has 3 nitrogen and oxygen atoms in total. The van der Waals surface area contributed by atoms with Crippen molar-refractivity contribution in [3.8, 4) is 5.75 Å². The Kier molecular flexibility index (Phi) is 3.50. The molecule has 2 N–H and O–H groups in total. The molecule has 20 heavy (non-hydrogen) atoms. The fourth-order valence-electron chi connectivity index (χ4n) is 2.98. The molecule has 3 heteroatoms. The summed E-state index contributed by atoms with van der Waals surface area (Å²) < 4.78 is 5.33. The van der Waals surface area contributed by atoms with Gasteiger partial charge in [0.05, 0.1) is 13.2 Å². The number of rotatable bonds is 3. The molecule has 0 spiro atoms. The fourth-order valence-corrected chi connectivity index (χ4v) is 2.98. The van der Waals surface area contributed by atoms with Crippen LogP contribution in [0.25, 0.3) is 0 Å². The molecular formula is C17H20N2O. The van der Waals surface area contributed by atoms with Gasteiger partial charge in [-0.1, -0.05) is 18.2 Å². The van der Waals surface area contributed by atoms with E-state index in [0.29, 0.717) is 6.04 Å². The third-order valence-electron chi connectivity index (χ3n) is 3.93. The molecule has 0 aliphatic carbocycles. The lowest BCUT2D eigenvalue weighted by atomic mass is 10.0. The van der Waals surface area contributed by atoms with Crippen LogP contribution in [0, 0.1) is 0 Å². The number of benzene rings is 2. The van der Waals surface area contributed by atoms with Crippen LogP contribution in [0.1, 0.15) is 24.4 Å². The number of hydrogen-bond donors (Lipinski definition) is 1. The van der Waals surface area contributed by atoms with Crippen LogP contribution >= 0.6 is 0 Å². The molecule has 1 heterocycles. The van der Waals surface area contributed by atoms with E-state index in [9.17, 15) is 0 Å². The van der Waals surface area contributed by atoms with Crippen molar-refractivity contribution < 1.29 is 4.74 Å². The minimum atomic E-state index is 0.408. The normalized spacial score (nSPS) is 18.2. The summed E-state index contributed by atoms with van der Waals surface area (Å²) >= 11 is 0. The van der Waals surface area contributed by atoms with Crippen LogP contribution in [0.15, 0.2) is 48.5 Å². The largest absolute Gasteiger partial charge is 0.497 e. The van der Waals surface area contributed by atoms with Crippen LogP contribution in [0.3, 0.4) is 0 Å². The molecule has 104 valence electrons. The van der Waals surface area contributed by atoms with Gasteiger partial charge in [-0.15, -0.1) is 0 Å². The average molecular weight is 268 g/mol. The molecule has 0 bridgehead atoms. The van der Waals surface area contributed by atoms with Crippen molar-refractivity contribution in [2.24, 2.45) is 0 Å². The summed E-state index contributed by atoms with van der Waals surface area (Å²) in [5, 5.41) is 0. The van der Waals surface area contributed by atoms with E-state index in [1.165, 1.54) is 24.1 Å². The summed E-state index contributed by atoms with van der Waals surface area (Å²) in [6.45, 7) is 1.08. The Hall–Kier alpha value is -2.16. The minimum absolute atomic E-state index is 0.408. The van der Waals surface area contributed by atoms with Crippen LogP contribution in [0.5, 0.6) is 5.75 Å². The van der Waals surface area contributed by atoms with E-state index in [-0.39, 0.29) is 0 Å². The first-order valence-corrected chi connectivity index (χ1v) is 7.04. The molecule has 1 atom stereocenters. The quantitative estimate of drug-likeness (QED) is 0.864. The standard InChI is InChI=1S/C17H20N2O/c1-20-16-8-3-7-15(12-16)19-10-4-9-17(19)13-5-2-6-14(18)11-13/h2-3,5-8,11-12,17H,4,9-10,18H2,1H3. The van der Waals surface area contributed by atoms with Gasteiger partial charge in [0, 0.05) is 24.0 Å². The Morgan fingerprint density at radius 3 is 2.80 bits per heavy atom. The second kappa shape index (κ2) is 5.45. The maximum absolute atomic E-state index is 5.92. The van der Waals surface area contributed by atoms with E-state index in [0.717, 1.165) is 18.0 Å². The molecule has 1 saturated heterocycles. The third-order valence-corrected chi connectivity index (χ3v) is 3.93. The average Bonchev–Trinajstić information content (AvgIpc) is 2.97. The summed E-state index contributed by atoms with van der Waals surface area (Å²) in [7, 11) is 1.71. The number of methoxy groups -OCH3 is 1. The first kappa shape index (κ1) is 12.9. The second-order valence-electron chi connectivity index (χ2n) is 5.22. The van der Waals surface area contributed by atoms with Gasteiger partial charge in [0.25, 0.3) is 0 Å². The molecule has 1 fully saturated rings. The maximum Gasteiger partial charge on any atom is 0.120 e. The molecule has 0 saturated carbocycles. The lowest BCUT2D eigenvalue weighted by molar-refractivity contribution is 0.414. The summed E-state index contributed by atoms with van der Waals surface area (Å²) in [6.07, 6.45) is 2.37. The second-order valence-corrected chi connectivity index (χ2v) is 5.22. The van der Waals surface area contributed by atoms with Crippen LogP contribution < -0.4 is 15.4 Å². The highest BCUT2D eigenvalue weighted by Crippen LogP contribution is 2.37. The molecular weight excluding hydrogens is 248 g/mol. The molecule has 0 amide bonds. The number of ether oxygens (including phenoxy) is 1. The van der Waals surface area contributed by atoms with E-state index >= 15 is 0 Å². The third kappa shape index (κ3) is 2.44. The van der Waals surface area contributed by atoms with Crippen LogP contribution in [-0.4, -0.2) is 13.7 Å². The highest BCUT2D eigenvalue weighted by molar-refractivity contribution is 5.54. The van der Waals surface area contributed by atoms with Crippen molar-refractivity contribution in [3.05, 3.63) is 54.1 Å². The molecule has 1 unspecified atom stereocenters. The first-order chi connectivity index (χ1) is 9.78. The number of anilines is 2. The van der Waals surface area contributed by atoms with Crippen LogP contribution in [0.2, 0.25) is 0 Å². The summed E-state index contributed by atoms with van der Waals surface area (Å²) in [4.78, 5) is 2.44. The zero-order valence-electron chi connectivity index (χ0n) is 11.8. The first-order valence-electron chi connectivity index (χ1n) is 7.04. The maximum atomic E-state index is 5.92. The molecule has 1 aliphatic heterocycles. The van der Waals surface area contributed by atoms with Crippen molar-refractivity contribution in [2.75, 3.05) is 24.3 Å². The highest BCUT2D eigenvalue weighted by atomic mass is 16.5. The zero-order chi connectivity index (χ0) is 13.9. The number of nitrogens with two attached hydrogens (primary N) is 1. The number of nitrogen functional groups attached to an aromatic ring is 1. The minimum Gasteiger partial charge on any atom is -0.497 e. The van der Waals surface area contributed by atoms with Crippen LogP contribution in [0.4, 0.5) is 11.4 Å². The molecule has 2 aromatic carbocycles. The molecule has 2 aromatic rings. The Bertz CT molecular complexity index is 597. The van der Waals surface area contributed by atoms with Gasteiger partial charge in [0.2, 0.25) is 0 Å². The van der Waals surface area contributed by atoms with E-state index in [1.54, 1.807) is 7.11 Å². The predicted molar refractivity (Wildman–Crippen MR) is 83.2 cm³/mol. The van der Waals surface area contributed by atoms with E-state index in [1.807, 2.05) is 24.3 Å². The van der Waals surface area contributed by atoms with Gasteiger partial charge in [-0.2, -0.15) is 0 Å². The van der Waals surface area contributed by atoms with E-state index in [2.05, 4.69) is 29.2 Å². The van der Waals surface area contributed by atoms with Gasteiger partial charge in [0.1, 0.15) is 5.75 Å². The summed E-state index contributed by atoms with van der Waals surface area (Å²) in [6, 6.07) is 16.9. The Morgan fingerprint density at radius 2 is 2.00 bits per heavy atom. The highest BCUT2D eigenvalue weighted by Gasteiger charge is 2.26. The zero-order valence-corrected chi connectivity index (χ0v) is 11.8. The molecule has 0 radical (unpaired) electrons. The Labute approximate surface area is 120 Å². The fraction of sp³-hybridized carbons (Fsp3) is 0.294. The SMILES string of the molecule is COc1cccc(N2CCCC2c2cccc(N)c2)c1. The lowest BCUT2D eigenvalue weighted by Crippen LogP contribution is -2.22. The molecule has 0 aromatic heterocycles. The monoisotopic (exact) mass is 268 g/mol. The molecule has 1 aliphatic rings. The Morgan fingerprint density at radius 1 is 1.15 bits per heavy atom. The van der Waals surface area contributed by atoms with Crippen molar-refractivity contribution >= 4 is 11.4 Å². The smallest absolute Gasteiger partial charge is 0.120 e. The lowest BCUT2D eigenvalue weighted by Gasteiger charge is -2.27. The van der Waals surface area contributed by atoms with Gasteiger partial charge in [-0.3, -0.25) is 0 Å².